The molecule has 0 saturated carbocycles. The lowest BCUT2D eigenvalue weighted by Gasteiger charge is -2.08. The van der Waals surface area contributed by atoms with Gasteiger partial charge in [0.2, 0.25) is 0 Å². The zero-order chi connectivity index (χ0) is 10.4. The minimum Gasteiger partial charge on any atom is -0.479 e. The summed E-state index contributed by atoms with van der Waals surface area (Å²) in [5, 5.41) is 16.4. The van der Waals surface area contributed by atoms with Crippen LogP contribution in [-0.2, 0) is 23.9 Å². The van der Waals surface area contributed by atoms with Gasteiger partial charge in [0.15, 0.2) is 6.61 Å². The van der Waals surface area contributed by atoms with Crippen molar-refractivity contribution in [3.8, 4) is 0 Å². The standard InChI is InChI=1S/C6H8O7/c1-12-4(5(9)10)6(11)13-2-3(7)8/h4H,2H2,1H3,(H,7,8)(H,9,10). The lowest BCUT2D eigenvalue weighted by molar-refractivity contribution is -0.171. The molecule has 0 radical (unpaired) electrons. The second kappa shape index (κ2) is 5.09. The first kappa shape index (κ1) is 11.4. The molecule has 2 N–H and O–H groups in total. The molecule has 0 aliphatic carbocycles. The Hall–Kier alpha value is -1.63. The van der Waals surface area contributed by atoms with Crippen LogP contribution < -0.4 is 0 Å². The molecule has 0 aliphatic heterocycles. The number of carboxylic acids is 2. The van der Waals surface area contributed by atoms with Gasteiger partial charge in [-0.2, -0.15) is 0 Å². The van der Waals surface area contributed by atoms with Crippen LogP contribution in [0.5, 0.6) is 0 Å². The molecule has 0 saturated heterocycles. The van der Waals surface area contributed by atoms with E-state index in [-0.39, 0.29) is 0 Å². The molecule has 7 heteroatoms. The Bertz CT molecular complexity index is 221. The molecule has 0 bridgehead atoms. The highest BCUT2D eigenvalue weighted by atomic mass is 16.6. The summed E-state index contributed by atoms with van der Waals surface area (Å²) in [4.78, 5) is 30.9. The molecule has 0 rings (SSSR count). The maximum absolute atomic E-state index is 10.7. The first-order chi connectivity index (χ1) is 5.99. The van der Waals surface area contributed by atoms with Crippen LogP contribution in [0.3, 0.4) is 0 Å². The molecule has 0 aliphatic rings. The lowest BCUT2D eigenvalue weighted by Crippen LogP contribution is -2.34. The van der Waals surface area contributed by atoms with Gasteiger partial charge in [-0.3, -0.25) is 0 Å². The van der Waals surface area contributed by atoms with Crippen molar-refractivity contribution < 1.29 is 34.1 Å². The number of carbonyl (C=O) groups excluding carboxylic acids is 1. The quantitative estimate of drug-likeness (QED) is 0.412. The molecule has 0 aromatic rings. The predicted molar refractivity (Wildman–Crippen MR) is 37.0 cm³/mol. The second-order valence-electron chi connectivity index (χ2n) is 1.96. The Labute approximate surface area is 72.9 Å². The van der Waals surface area contributed by atoms with E-state index in [0.717, 1.165) is 7.11 Å². The number of carbonyl (C=O) groups is 3. The van der Waals surface area contributed by atoms with Gasteiger partial charge in [0.05, 0.1) is 0 Å². The summed E-state index contributed by atoms with van der Waals surface area (Å²) < 4.78 is 8.31. The van der Waals surface area contributed by atoms with E-state index in [1.54, 1.807) is 0 Å². The lowest BCUT2D eigenvalue weighted by atomic mass is 10.4. The van der Waals surface area contributed by atoms with Crippen LogP contribution in [0.2, 0.25) is 0 Å². The Balaban J connectivity index is 4.07. The summed E-state index contributed by atoms with van der Waals surface area (Å²) in [5.74, 6) is -4.14. The van der Waals surface area contributed by atoms with Crippen molar-refractivity contribution in [1.82, 2.24) is 0 Å². The Morgan fingerprint density at radius 2 is 1.85 bits per heavy atom. The van der Waals surface area contributed by atoms with E-state index in [2.05, 4.69) is 9.47 Å². The highest BCUT2D eigenvalue weighted by molar-refractivity contribution is 5.97. The SMILES string of the molecule is COC(C(=O)O)C(=O)OCC(=O)O. The number of methoxy groups -OCH3 is 1. The van der Waals surface area contributed by atoms with Crippen molar-refractivity contribution in [2.75, 3.05) is 13.7 Å². The normalized spacial score (nSPS) is 11.8. The molecular formula is C6H8O7. The van der Waals surface area contributed by atoms with Gasteiger partial charge in [-0.1, -0.05) is 0 Å². The van der Waals surface area contributed by atoms with Crippen LogP contribution in [0.4, 0.5) is 0 Å². The van der Waals surface area contributed by atoms with Gasteiger partial charge in [0.25, 0.3) is 6.10 Å². The van der Waals surface area contributed by atoms with E-state index in [1.807, 2.05) is 0 Å². The van der Waals surface area contributed by atoms with Gasteiger partial charge in [-0.25, -0.2) is 14.4 Å². The number of esters is 1. The molecule has 1 unspecified atom stereocenters. The Morgan fingerprint density at radius 3 is 2.15 bits per heavy atom. The first-order valence-corrected chi connectivity index (χ1v) is 3.13. The maximum Gasteiger partial charge on any atom is 0.347 e. The smallest absolute Gasteiger partial charge is 0.347 e. The number of hydrogen-bond donors (Lipinski definition) is 2. The summed E-state index contributed by atoms with van der Waals surface area (Å²) in [5.41, 5.74) is 0. The zero-order valence-corrected chi connectivity index (χ0v) is 6.72. The van der Waals surface area contributed by atoms with Crippen LogP contribution in [-0.4, -0.2) is 47.9 Å². The van der Waals surface area contributed by atoms with Gasteiger partial charge in [0.1, 0.15) is 0 Å². The molecule has 0 heterocycles. The fourth-order valence-electron chi connectivity index (χ4n) is 0.506. The van der Waals surface area contributed by atoms with Crippen LogP contribution in [0, 0.1) is 0 Å². The molecular weight excluding hydrogens is 184 g/mol. The highest BCUT2D eigenvalue weighted by Crippen LogP contribution is 1.94. The molecule has 7 nitrogen and oxygen atoms in total. The minimum atomic E-state index is -1.78. The Kier molecular flexibility index (Phi) is 4.45. The second-order valence-corrected chi connectivity index (χ2v) is 1.96. The van der Waals surface area contributed by atoms with Gasteiger partial charge in [0, 0.05) is 7.11 Å². The number of rotatable bonds is 5. The van der Waals surface area contributed by atoms with E-state index >= 15 is 0 Å². The van der Waals surface area contributed by atoms with Crippen molar-refractivity contribution in [1.29, 1.82) is 0 Å². The van der Waals surface area contributed by atoms with Crippen LogP contribution in [0.1, 0.15) is 0 Å². The molecule has 0 aromatic carbocycles. The molecule has 0 aromatic heterocycles. The summed E-state index contributed by atoms with van der Waals surface area (Å²) >= 11 is 0. The number of carboxylic acid groups (broad SMARTS) is 2. The fraction of sp³-hybridized carbons (Fsp3) is 0.500. The molecule has 0 fully saturated rings. The van der Waals surface area contributed by atoms with Gasteiger partial charge >= 0.3 is 17.9 Å². The van der Waals surface area contributed by atoms with E-state index in [0.29, 0.717) is 0 Å². The third kappa shape index (κ3) is 4.06. The average molecular weight is 192 g/mol. The number of hydrogen-bond acceptors (Lipinski definition) is 5. The summed E-state index contributed by atoms with van der Waals surface area (Å²) in [6.07, 6.45) is -1.78. The third-order valence-corrected chi connectivity index (χ3v) is 1.01. The number of ether oxygens (including phenoxy) is 2. The van der Waals surface area contributed by atoms with Crippen molar-refractivity contribution in [3.63, 3.8) is 0 Å². The molecule has 0 amide bonds. The molecule has 1 atom stereocenters. The summed E-state index contributed by atoms with van der Waals surface area (Å²) in [6, 6.07) is 0. The zero-order valence-electron chi connectivity index (χ0n) is 6.72. The van der Waals surface area contributed by atoms with Crippen molar-refractivity contribution in [3.05, 3.63) is 0 Å². The van der Waals surface area contributed by atoms with E-state index in [4.69, 9.17) is 10.2 Å². The van der Waals surface area contributed by atoms with Crippen LogP contribution in [0.15, 0.2) is 0 Å². The topological polar surface area (TPSA) is 110 Å². The monoisotopic (exact) mass is 192 g/mol. The molecule has 74 valence electrons. The van der Waals surface area contributed by atoms with Crippen molar-refractivity contribution >= 4 is 17.9 Å². The molecule has 0 spiro atoms. The summed E-state index contributed by atoms with van der Waals surface area (Å²) in [7, 11) is 1.00. The number of aliphatic carboxylic acids is 2. The predicted octanol–water partition coefficient (Wildman–Crippen LogP) is -1.29. The summed E-state index contributed by atoms with van der Waals surface area (Å²) in [6.45, 7) is -0.883. The molecule has 13 heavy (non-hydrogen) atoms. The minimum absolute atomic E-state index is 0.883. The largest absolute Gasteiger partial charge is 0.479 e. The van der Waals surface area contributed by atoms with Crippen molar-refractivity contribution in [2.45, 2.75) is 6.10 Å². The Morgan fingerprint density at radius 1 is 1.31 bits per heavy atom. The maximum atomic E-state index is 10.7. The van der Waals surface area contributed by atoms with E-state index < -0.39 is 30.6 Å². The van der Waals surface area contributed by atoms with Crippen molar-refractivity contribution in [2.24, 2.45) is 0 Å². The van der Waals surface area contributed by atoms with E-state index in [9.17, 15) is 14.4 Å². The van der Waals surface area contributed by atoms with Gasteiger partial charge in [-0.05, 0) is 0 Å². The van der Waals surface area contributed by atoms with Gasteiger partial charge < -0.3 is 19.7 Å². The first-order valence-electron chi connectivity index (χ1n) is 3.13. The van der Waals surface area contributed by atoms with Crippen LogP contribution in [0.25, 0.3) is 0 Å². The van der Waals surface area contributed by atoms with E-state index in [1.165, 1.54) is 0 Å². The average Bonchev–Trinajstić information content (AvgIpc) is 2.01. The third-order valence-electron chi connectivity index (χ3n) is 1.01. The van der Waals surface area contributed by atoms with Crippen LogP contribution >= 0.6 is 0 Å². The highest BCUT2D eigenvalue weighted by Gasteiger charge is 2.27. The fourth-order valence-corrected chi connectivity index (χ4v) is 0.506. The van der Waals surface area contributed by atoms with Gasteiger partial charge in [-0.15, -0.1) is 0 Å².